The number of aryl methyl sites for hydroxylation is 2. The van der Waals surface area contributed by atoms with Crippen LogP contribution in [0.5, 0.6) is 0 Å². The van der Waals surface area contributed by atoms with Crippen LogP contribution in [0.15, 0.2) is 55.0 Å². The third-order valence-electron chi connectivity index (χ3n) is 5.50. The second-order valence-corrected chi connectivity index (χ2v) is 8.07. The molecule has 1 fully saturated rings. The van der Waals surface area contributed by atoms with E-state index in [4.69, 9.17) is 0 Å². The standard InChI is InChI=1S/C24H27N3O/c1-17-5-4-10-26(15-17)24(28)23-14-25-16-27(23)22-8-6-20(7-9-22)21-12-18(2)11-19(3)13-21/h6-9,11-14,16-17H,4-5,10,15H2,1-3H3. The Morgan fingerprint density at radius 3 is 2.43 bits per heavy atom. The SMILES string of the molecule is Cc1cc(C)cc(-c2ccc(-n3cncc3C(=O)N3CCCC(C)C3)cc2)c1. The average molecular weight is 374 g/mol. The normalized spacial score (nSPS) is 17.0. The molecule has 0 aliphatic carbocycles. The van der Waals surface area contributed by atoms with Gasteiger partial charge >= 0.3 is 0 Å². The van der Waals surface area contributed by atoms with Crippen LogP contribution in [0.2, 0.25) is 0 Å². The number of imidazole rings is 1. The molecule has 0 saturated carbocycles. The minimum Gasteiger partial charge on any atom is -0.337 e. The zero-order chi connectivity index (χ0) is 19.7. The number of aromatic nitrogens is 2. The lowest BCUT2D eigenvalue weighted by Crippen LogP contribution is -2.39. The quantitative estimate of drug-likeness (QED) is 0.646. The number of nitrogens with zero attached hydrogens (tertiary/aromatic N) is 3. The largest absolute Gasteiger partial charge is 0.337 e. The van der Waals surface area contributed by atoms with Gasteiger partial charge in [0.2, 0.25) is 0 Å². The van der Waals surface area contributed by atoms with Crippen molar-refractivity contribution in [2.45, 2.75) is 33.6 Å². The zero-order valence-electron chi connectivity index (χ0n) is 16.9. The topological polar surface area (TPSA) is 38.1 Å². The van der Waals surface area contributed by atoms with E-state index in [1.54, 1.807) is 12.5 Å². The Labute approximate surface area is 166 Å². The lowest BCUT2D eigenvalue weighted by Gasteiger charge is -2.31. The number of amides is 1. The Kier molecular flexibility index (Phi) is 5.03. The van der Waals surface area contributed by atoms with E-state index in [2.05, 4.69) is 68.2 Å². The second-order valence-electron chi connectivity index (χ2n) is 8.07. The van der Waals surface area contributed by atoms with Gasteiger partial charge in [0.15, 0.2) is 0 Å². The van der Waals surface area contributed by atoms with E-state index in [-0.39, 0.29) is 5.91 Å². The van der Waals surface area contributed by atoms with Crippen molar-refractivity contribution in [3.8, 4) is 16.8 Å². The fourth-order valence-corrected chi connectivity index (χ4v) is 4.15. The van der Waals surface area contributed by atoms with Gasteiger partial charge in [-0.3, -0.25) is 9.36 Å². The highest BCUT2D eigenvalue weighted by molar-refractivity contribution is 5.93. The van der Waals surface area contributed by atoms with Crippen molar-refractivity contribution in [1.82, 2.24) is 14.5 Å². The fraction of sp³-hybridized carbons (Fsp3) is 0.333. The Balaban J connectivity index is 1.60. The predicted molar refractivity (Wildman–Crippen MR) is 113 cm³/mol. The van der Waals surface area contributed by atoms with Gasteiger partial charge in [-0.1, -0.05) is 48.4 Å². The smallest absolute Gasteiger partial charge is 0.272 e. The summed E-state index contributed by atoms with van der Waals surface area (Å²) in [5.41, 5.74) is 6.50. The van der Waals surface area contributed by atoms with Crippen LogP contribution >= 0.6 is 0 Å². The van der Waals surface area contributed by atoms with Crippen LogP contribution < -0.4 is 0 Å². The maximum Gasteiger partial charge on any atom is 0.272 e. The molecule has 4 heteroatoms. The molecule has 1 aliphatic heterocycles. The van der Waals surface area contributed by atoms with Crippen LogP contribution in [0.4, 0.5) is 0 Å². The van der Waals surface area contributed by atoms with Crippen molar-refractivity contribution < 1.29 is 4.79 Å². The molecule has 2 aromatic carbocycles. The molecule has 4 nitrogen and oxygen atoms in total. The zero-order valence-corrected chi connectivity index (χ0v) is 16.9. The molecule has 1 aromatic heterocycles. The highest BCUT2D eigenvalue weighted by atomic mass is 16.2. The molecular formula is C24H27N3O. The molecule has 4 rings (SSSR count). The average Bonchev–Trinajstić information content (AvgIpc) is 3.16. The van der Waals surface area contributed by atoms with Crippen molar-refractivity contribution in [2.24, 2.45) is 5.92 Å². The van der Waals surface area contributed by atoms with Crippen molar-refractivity contribution in [1.29, 1.82) is 0 Å². The summed E-state index contributed by atoms with van der Waals surface area (Å²) >= 11 is 0. The van der Waals surface area contributed by atoms with E-state index < -0.39 is 0 Å². The molecule has 0 spiro atoms. The van der Waals surface area contributed by atoms with Crippen LogP contribution in [0.3, 0.4) is 0 Å². The summed E-state index contributed by atoms with van der Waals surface area (Å²) in [5, 5.41) is 0. The van der Waals surface area contributed by atoms with E-state index in [0.29, 0.717) is 11.6 Å². The summed E-state index contributed by atoms with van der Waals surface area (Å²) in [6.45, 7) is 8.11. The maximum absolute atomic E-state index is 13.0. The molecule has 1 atom stereocenters. The van der Waals surface area contributed by atoms with Crippen LogP contribution in [-0.2, 0) is 0 Å². The van der Waals surface area contributed by atoms with Crippen molar-refractivity contribution in [2.75, 3.05) is 13.1 Å². The summed E-state index contributed by atoms with van der Waals surface area (Å²) in [6.07, 6.45) is 5.68. The minimum absolute atomic E-state index is 0.0717. The molecule has 28 heavy (non-hydrogen) atoms. The number of rotatable bonds is 3. The molecule has 2 heterocycles. The van der Waals surface area contributed by atoms with Gasteiger partial charge in [-0.2, -0.15) is 0 Å². The number of likely N-dealkylation sites (tertiary alicyclic amines) is 1. The number of piperidine rings is 1. The summed E-state index contributed by atoms with van der Waals surface area (Å²) < 4.78 is 1.90. The number of benzene rings is 2. The first-order valence-corrected chi connectivity index (χ1v) is 10.0. The molecular weight excluding hydrogens is 346 g/mol. The van der Waals surface area contributed by atoms with E-state index in [0.717, 1.165) is 25.2 Å². The van der Waals surface area contributed by atoms with Gasteiger partial charge in [0, 0.05) is 18.8 Å². The highest BCUT2D eigenvalue weighted by Gasteiger charge is 2.24. The first-order valence-electron chi connectivity index (χ1n) is 10.0. The summed E-state index contributed by atoms with van der Waals surface area (Å²) in [5.74, 6) is 0.633. The van der Waals surface area contributed by atoms with E-state index in [9.17, 15) is 4.79 Å². The first-order chi connectivity index (χ1) is 13.5. The Hall–Kier alpha value is -2.88. The molecule has 1 saturated heterocycles. The van der Waals surface area contributed by atoms with Gasteiger partial charge in [-0.05, 0) is 55.9 Å². The number of carbonyl (C=O) groups is 1. The van der Waals surface area contributed by atoms with Crippen LogP contribution in [0.1, 0.15) is 41.4 Å². The fourth-order valence-electron chi connectivity index (χ4n) is 4.15. The minimum atomic E-state index is 0.0717. The van der Waals surface area contributed by atoms with E-state index in [1.165, 1.54) is 28.7 Å². The van der Waals surface area contributed by atoms with E-state index in [1.807, 2.05) is 9.47 Å². The molecule has 0 bridgehead atoms. The summed E-state index contributed by atoms with van der Waals surface area (Å²) in [6, 6.07) is 14.9. The van der Waals surface area contributed by atoms with Crippen molar-refractivity contribution in [3.05, 3.63) is 71.8 Å². The number of hydrogen-bond donors (Lipinski definition) is 0. The van der Waals surface area contributed by atoms with Gasteiger partial charge < -0.3 is 4.90 Å². The van der Waals surface area contributed by atoms with Gasteiger partial charge in [-0.15, -0.1) is 0 Å². The van der Waals surface area contributed by atoms with E-state index >= 15 is 0 Å². The second kappa shape index (κ2) is 7.63. The molecule has 1 amide bonds. The van der Waals surface area contributed by atoms with Crippen LogP contribution in [-0.4, -0.2) is 33.4 Å². The van der Waals surface area contributed by atoms with Crippen LogP contribution in [0, 0.1) is 19.8 Å². The Morgan fingerprint density at radius 2 is 1.75 bits per heavy atom. The predicted octanol–water partition coefficient (Wildman–Crippen LogP) is 5.03. The van der Waals surface area contributed by atoms with Crippen molar-refractivity contribution >= 4 is 5.91 Å². The van der Waals surface area contributed by atoms with Gasteiger partial charge in [0.05, 0.1) is 12.5 Å². The van der Waals surface area contributed by atoms with Crippen molar-refractivity contribution in [3.63, 3.8) is 0 Å². The molecule has 144 valence electrons. The lowest BCUT2D eigenvalue weighted by molar-refractivity contribution is 0.0675. The van der Waals surface area contributed by atoms with Gasteiger partial charge in [0.25, 0.3) is 5.91 Å². The van der Waals surface area contributed by atoms with Gasteiger partial charge in [0.1, 0.15) is 5.69 Å². The molecule has 0 N–H and O–H groups in total. The number of hydrogen-bond acceptors (Lipinski definition) is 2. The molecule has 3 aromatic rings. The molecule has 0 radical (unpaired) electrons. The molecule has 1 aliphatic rings. The first kappa shape index (κ1) is 18.5. The third kappa shape index (κ3) is 3.72. The summed E-state index contributed by atoms with van der Waals surface area (Å²) in [4.78, 5) is 19.2. The maximum atomic E-state index is 13.0. The summed E-state index contributed by atoms with van der Waals surface area (Å²) in [7, 11) is 0. The molecule has 1 unspecified atom stereocenters. The third-order valence-corrected chi connectivity index (χ3v) is 5.50. The Bertz CT molecular complexity index is 967. The number of carbonyl (C=O) groups excluding carboxylic acids is 1. The lowest BCUT2D eigenvalue weighted by atomic mass is 10.00. The van der Waals surface area contributed by atoms with Crippen LogP contribution in [0.25, 0.3) is 16.8 Å². The van der Waals surface area contributed by atoms with Gasteiger partial charge in [-0.25, -0.2) is 4.98 Å². The Morgan fingerprint density at radius 1 is 1.04 bits per heavy atom. The highest BCUT2D eigenvalue weighted by Crippen LogP contribution is 2.25. The monoisotopic (exact) mass is 373 g/mol.